The molecule has 2 fully saturated rings. The lowest BCUT2D eigenvalue weighted by Crippen LogP contribution is -2.44. The van der Waals surface area contributed by atoms with Crippen LogP contribution in [-0.4, -0.2) is 33.4 Å². The molecule has 5 nitrogen and oxygen atoms in total. The summed E-state index contributed by atoms with van der Waals surface area (Å²) >= 11 is 0. The molecule has 25 heavy (non-hydrogen) atoms. The highest BCUT2D eigenvalue weighted by molar-refractivity contribution is 5.91. The van der Waals surface area contributed by atoms with Gasteiger partial charge in [-0.25, -0.2) is 4.68 Å². The third-order valence-electron chi connectivity index (χ3n) is 5.66. The van der Waals surface area contributed by atoms with Gasteiger partial charge in [-0.3, -0.25) is 4.79 Å². The predicted molar refractivity (Wildman–Crippen MR) is 95.9 cm³/mol. The van der Waals surface area contributed by atoms with Crippen molar-refractivity contribution in [1.29, 1.82) is 0 Å². The van der Waals surface area contributed by atoms with Crippen molar-refractivity contribution in [1.82, 2.24) is 15.1 Å². The normalized spacial score (nSPS) is 27.9. The van der Waals surface area contributed by atoms with Gasteiger partial charge in [-0.05, 0) is 49.3 Å². The van der Waals surface area contributed by atoms with Crippen molar-refractivity contribution in [2.75, 3.05) is 6.61 Å². The molecule has 2 saturated carbocycles. The molecule has 2 aliphatic rings. The van der Waals surface area contributed by atoms with Gasteiger partial charge in [0.25, 0.3) is 0 Å². The average molecular weight is 337 g/mol. The molecule has 0 saturated heterocycles. The smallest absolute Gasteiger partial charge is 0.244 e. The number of carbonyl (C=O) groups is 1. The van der Waals surface area contributed by atoms with Gasteiger partial charge in [0, 0.05) is 36.4 Å². The Morgan fingerprint density at radius 2 is 2.08 bits per heavy atom. The molecule has 2 aliphatic carbocycles. The first-order valence-corrected chi connectivity index (χ1v) is 8.94. The second-order valence-corrected chi connectivity index (χ2v) is 7.10. The lowest BCUT2D eigenvalue weighted by atomic mass is 9.85. The summed E-state index contributed by atoms with van der Waals surface area (Å²) in [6, 6.07) is 9.98. The SMILES string of the molecule is O=C(/C=C/c1cnn(-c2ccccc2)c1)NC1C2CCC(C2)C1CO. The van der Waals surface area contributed by atoms with Crippen LogP contribution in [-0.2, 0) is 4.79 Å². The predicted octanol–water partition coefficient (Wildman–Crippen LogP) is 2.41. The van der Waals surface area contributed by atoms with Crippen LogP contribution in [0.15, 0.2) is 48.8 Å². The van der Waals surface area contributed by atoms with E-state index in [9.17, 15) is 9.90 Å². The van der Waals surface area contributed by atoms with Crippen LogP contribution in [0, 0.1) is 17.8 Å². The van der Waals surface area contributed by atoms with E-state index in [1.807, 2.05) is 36.5 Å². The Morgan fingerprint density at radius 1 is 1.28 bits per heavy atom. The molecule has 4 unspecified atom stereocenters. The fraction of sp³-hybridized carbons (Fsp3) is 0.400. The summed E-state index contributed by atoms with van der Waals surface area (Å²) in [5, 5.41) is 17.0. The molecule has 2 aromatic rings. The van der Waals surface area contributed by atoms with E-state index in [1.165, 1.54) is 12.8 Å². The van der Waals surface area contributed by atoms with Crippen molar-refractivity contribution in [2.24, 2.45) is 17.8 Å². The Bertz CT molecular complexity index is 768. The summed E-state index contributed by atoms with van der Waals surface area (Å²) in [6.07, 6.45) is 10.5. The zero-order valence-corrected chi connectivity index (χ0v) is 14.1. The molecule has 2 N–H and O–H groups in total. The van der Waals surface area contributed by atoms with E-state index in [0.29, 0.717) is 11.8 Å². The fourth-order valence-corrected chi connectivity index (χ4v) is 4.43. The van der Waals surface area contributed by atoms with E-state index in [4.69, 9.17) is 0 Å². The van der Waals surface area contributed by atoms with Gasteiger partial charge in [-0.15, -0.1) is 0 Å². The van der Waals surface area contributed by atoms with Crippen LogP contribution >= 0.6 is 0 Å². The summed E-state index contributed by atoms with van der Waals surface area (Å²) in [7, 11) is 0. The van der Waals surface area contributed by atoms with Gasteiger partial charge in [0.15, 0.2) is 0 Å². The average Bonchev–Trinajstić information content (AvgIpc) is 3.37. The summed E-state index contributed by atoms with van der Waals surface area (Å²) in [4.78, 5) is 12.3. The number of aromatic nitrogens is 2. The molecule has 4 rings (SSSR count). The van der Waals surface area contributed by atoms with Gasteiger partial charge in [-0.2, -0.15) is 5.10 Å². The lowest BCUT2D eigenvalue weighted by Gasteiger charge is -2.30. The van der Waals surface area contributed by atoms with Crippen molar-refractivity contribution in [2.45, 2.75) is 25.3 Å². The number of amides is 1. The Balaban J connectivity index is 1.39. The van der Waals surface area contributed by atoms with Gasteiger partial charge in [0.2, 0.25) is 5.91 Å². The molecule has 1 amide bonds. The maximum absolute atomic E-state index is 12.3. The number of nitrogens with one attached hydrogen (secondary N) is 1. The fourth-order valence-electron chi connectivity index (χ4n) is 4.43. The number of para-hydroxylation sites is 1. The number of hydrogen-bond acceptors (Lipinski definition) is 3. The zero-order valence-electron chi connectivity index (χ0n) is 14.1. The molecule has 4 atom stereocenters. The quantitative estimate of drug-likeness (QED) is 0.824. The number of fused-ring (bicyclic) bond motifs is 2. The van der Waals surface area contributed by atoms with Crippen LogP contribution < -0.4 is 5.32 Å². The molecule has 130 valence electrons. The third-order valence-corrected chi connectivity index (χ3v) is 5.66. The highest BCUT2D eigenvalue weighted by Gasteiger charge is 2.47. The van der Waals surface area contributed by atoms with Crippen LogP contribution in [0.3, 0.4) is 0 Å². The first-order chi connectivity index (χ1) is 12.2. The molecule has 1 heterocycles. The van der Waals surface area contributed by atoms with Crippen LogP contribution in [0.4, 0.5) is 0 Å². The van der Waals surface area contributed by atoms with Gasteiger partial charge in [0.1, 0.15) is 0 Å². The first-order valence-electron chi connectivity index (χ1n) is 8.94. The molecule has 1 aromatic heterocycles. The Morgan fingerprint density at radius 3 is 2.88 bits per heavy atom. The Labute approximate surface area is 147 Å². The van der Waals surface area contributed by atoms with Crippen LogP contribution in [0.25, 0.3) is 11.8 Å². The number of hydrogen-bond donors (Lipinski definition) is 2. The molecule has 5 heteroatoms. The van der Waals surface area contributed by atoms with Crippen molar-refractivity contribution in [3.8, 4) is 5.69 Å². The minimum atomic E-state index is -0.0940. The van der Waals surface area contributed by atoms with Gasteiger partial charge in [0.05, 0.1) is 11.9 Å². The second kappa shape index (κ2) is 6.84. The number of aliphatic hydroxyl groups is 1. The topological polar surface area (TPSA) is 67.2 Å². The summed E-state index contributed by atoms with van der Waals surface area (Å²) in [5.74, 6) is 1.23. The van der Waals surface area contributed by atoms with E-state index < -0.39 is 0 Å². The Hall–Kier alpha value is -2.40. The van der Waals surface area contributed by atoms with Crippen molar-refractivity contribution in [3.05, 3.63) is 54.4 Å². The van der Waals surface area contributed by atoms with E-state index in [1.54, 1.807) is 23.0 Å². The van der Waals surface area contributed by atoms with E-state index >= 15 is 0 Å². The minimum Gasteiger partial charge on any atom is -0.396 e. The largest absolute Gasteiger partial charge is 0.396 e. The molecule has 1 aromatic carbocycles. The van der Waals surface area contributed by atoms with Gasteiger partial charge >= 0.3 is 0 Å². The maximum Gasteiger partial charge on any atom is 0.244 e. The Kier molecular flexibility index (Phi) is 4.40. The lowest BCUT2D eigenvalue weighted by molar-refractivity contribution is -0.117. The van der Waals surface area contributed by atoms with Crippen molar-refractivity contribution >= 4 is 12.0 Å². The number of nitrogens with zero attached hydrogens (tertiary/aromatic N) is 2. The second-order valence-electron chi connectivity index (χ2n) is 7.10. The number of aliphatic hydroxyl groups excluding tert-OH is 1. The number of benzene rings is 1. The summed E-state index contributed by atoms with van der Waals surface area (Å²) in [6.45, 7) is 0.166. The monoisotopic (exact) mass is 337 g/mol. The molecule has 0 aliphatic heterocycles. The zero-order chi connectivity index (χ0) is 17.2. The first kappa shape index (κ1) is 16.1. The molecule has 0 spiro atoms. The van der Waals surface area contributed by atoms with Crippen LogP contribution in [0.2, 0.25) is 0 Å². The van der Waals surface area contributed by atoms with E-state index in [2.05, 4.69) is 10.4 Å². The highest BCUT2D eigenvalue weighted by atomic mass is 16.3. The molecule has 0 radical (unpaired) electrons. The molecule has 2 bridgehead atoms. The van der Waals surface area contributed by atoms with E-state index in [-0.39, 0.29) is 24.5 Å². The third kappa shape index (κ3) is 3.24. The highest BCUT2D eigenvalue weighted by Crippen LogP contribution is 2.48. The molecular formula is C20H23N3O2. The number of carbonyl (C=O) groups excluding carboxylic acids is 1. The van der Waals surface area contributed by atoms with Crippen LogP contribution in [0.1, 0.15) is 24.8 Å². The maximum atomic E-state index is 12.3. The van der Waals surface area contributed by atoms with Crippen molar-refractivity contribution in [3.63, 3.8) is 0 Å². The van der Waals surface area contributed by atoms with Crippen LogP contribution in [0.5, 0.6) is 0 Å². The van der Waals surface area contributed by atoms with Crippen molar-refractivity contribution < 1.29 is 9.90 Å². The number of rotatable bonds is 5. The minimum absolute atomic E-state index is 0.0940. The standard InChI is InChI=1S/C20H23N3O2/c24-13-18-15-7-8-16(10-15)20(18)22-19(25)9-6-14-11-21-23(12-14)17-4-2-1-3-5-17/h1-6,9,11-12,15-16,18,20,24H,7-8,10,13H2,(H,22,25)/b9-6+. The summed E-state index contributed by atoms with van der Waals surface area (Å²) < 4.78 is 1.79. The van der Waals surface area contributed by atoms with Gasteiger partial charge < -0.3 is 10.4 Å². The molecular weight excluding hydrogens is 314 g/mol. The van der Waals surface area contributed by atoms with Gasteiger partial charge in [-0.1, -0.05) is 18.2 Å². The van der Waals surface area contributed by atoms with E-state index in [0.717, 1.165) is 17.7 Å². The summed E-state index contributed by atoms with van der Waals surface area (Å²) in [5.41, 5.74) is 1.87.